The van der Waals surface area contributed by atoms with Crippen molar-refractivity contribution >= 4 is 11.7 Å². The van der Waals surface area contributed by atoms with Crippen molar-refractivity contribution in [2.24, 2.45) is 0 Å². The third kappa shape index (κ3) is 4.70. The van der Waals surface area contributed by atoms with Gasteiger partial charge in [0, 0.05) is 32.7 Å². The summed E-state index contributed by atoms with van der Waals surface area (Å²) in [4.78, 5) is 12.5. The van der Waals surface area contributed by atoms with Gasteiger partial charge in [-0.25, -0.2) is 9.48 Å². The summed E-state index contributed by atoms with van der Waals surface area (Å²) in [5, 5.41) is 18.1. The number of ether oxygens (including phenoxy) is 1. The lowest BCUT2D eigenvalue weighted by Gasteiger charge is -2.16. The Morgan fingerprint density at radius 1 is 1.30 bits per heavy atom. The second-order valence-corrected chi connectivity index (χ2v) is 6.02. The van der Waals surface area contributed by atoms with Gasteiger partial charge in [0.05, 0.1) is 17.4 Å². The summed E-state index contributed by atoms with van der Waals surface area (Å²) >= 11 is 0. The molecule has 0 saturated carbocycles. The number of hydrogen-bond donors (Lipinski definition) is 2. The van der Waals surface area contributed by atoms with E-state index >= 15 is 0 Å². The number of urea groups is 1. The molecular weight excluding hydrogens is 346 g/mol. The molecule has 27 heavy (non-hydrogen) atoms. The molecule has 0 radical (unpaired) electrons. The van der Waals surface area contributed by atoms with Crippen LogP contribution in [0.25, 0.3) is 5.69 Å². The molecule has 142 valence electrons. The van der Waals surface area contributed by atoms with Gasteiger partial charge in [0.2, 0.25) is 0 Å². The quantitative estimate of drug-likeness (QED) is 0.594. The predicted molar refractivity (Wildman–Crippen MR) is 101 cm³/mol. The Balaban J connectivity index is 1.64. The minimum atomic E-state index is -0.325. The zero-order valence-electron chi connectivity index (χ0n) is 15.4. The van der Waals surface area contributed by atoms with E-state index < -0.39 is 0 Å². The molecule has 1 aromatic carbocycles. The molecule has 0 spiro atoms. The van der Waals surface area contributed by atoms with Crippen molar-refractivity contribution in [2.75, 3.05) is 19.0 Å². The highest BCUT2D eigenvalue weighted by Gasteiger charge is 2.16. The van der Waals surface area contributed by atoms with Gasteiger partial charge in [-0.2, -0.15) is 5.10 Å². The van der Waals surface area contributed by atoms with Crippen LogP contribution in [0.3, 0.4) is 0 Å². The summed E-state index contributed by atoms with van der Waals surface area (Å²) in [7, 11) is 1.67. The monoisotopic (exact) mass is 369 g/mol. The first-order chi connectivity index (χ1) is 13.2. The number of aromatic nitrogens is 5. The fraction of sp³-hybridized carbons (Fsp3) is 0.333. The maximum absolute atomic E-state index is 12.5. The maximum atomic E-state index is 12.5. The molecule has 0 aliphatic rings. The average Bonchev–Trinajstić information content (AvgIpc) is 3.34. The molecular formula is C18H23N7O2. The normalized spacial score (nSPS) is 11.9. The van der Waals surface area contributed by atoms with E-state index in [0.29, 0.717) is 18.1 Å². The van der Waals surface area contributed by atoms with Crippen molar-refractivity contribution in [3.8, 4) is 5.69 Å². The van der Waals surface area contributed by atoms with Gasteiger partial charge in [-0.3, -0.25) is 0 Å². The number of anilines is 1. The molecule has 9 nitrogen and oxygen atoms in total. The van der Waals surface area contributed by atoms with Crippen LogP contribution >= 0.6 is 0 Å². The van der Waals surface area contributed by atoms with Crippen LogP contribution in [0, 0.1) is 0 Å². The number of nitrogens with zero attached hydrogens (tertiary/aromatic N) is 5. The fourth-order valence-electron chi connectivity index (χ4n) is 2.76. The molecule has 0 fully saturated rings. The Labute approximate surface area is 157 Å². The number of benzene rings is 1. The second kappa shape index (κ2) is 8.95. The molecule has 2 heterocycles. The molecule has 9 heteroatoms. The molecule has 0 aliphatic carbocycles. The van der Waals surface area contributed by atoms with Crippen LogP contribution in [0.15, 0.2) is 49.1 Å². The van der Waals surface area contributed by atoms with Gasteiger partial charge >= 0.3 is 6.03 Å². The fourth-order valence-corrected chi connectivity index (χ4v) is 2.76. The second-order valence-electron chi connectivity index (χ2n) is 6.02. The number of rotatable bonds is 8. The molecule has 0 aliphatic heterocycles. The summed E-state index contributed by atoms with van der Waals surface area (Å²) in [6.45, 7) is 3.26. The van der Waals surface area contributed by atoms with Gasteiger partial charge in [0.1, 0.15) is 6.33 Å². The number of carbonyl (C=O) groups excluding carboxylic acids is 1. The topological polar surface area (TPSA) is 98.9 Å². The summed E-state index contributed by atoms with van der Waals surface area (Å²) in [6.07, 6.45) is 6.02. The van der Waals surface area contributed by atoms with E-state index in [4.69, 9.17) is 4.74 Å². The SMILES string of the molecule is COCCCn1cnnc1C(C)NC(=O)Nc1ccccc1-n1cccn1. The third-order valence-corrected chi connectivity index (χ3v) is 4.03. The van der Waals surface area contributed by atoms with Crippen LogP contribution in [0.5, 0.6) is 0 Å². The van der Waals surface area contributed by atoms with Crippen molar-refractivity contribution < 1.29 is 9.53 Å². The highest BCUT2D eigenvalue weighted by Crippen LogP contribution is 2.19. The van der Waals surface area contributed by atoms with E-state index in [-0.39, 0.29) is 12.1 Å². The smallest absolute Gasteiger partial charge is 0.319 e. The molecule has 0 saturated heterocycles. The van der Waals surface area contributed by atoms with Crippen LogP contribution < -0.4 is 10.6 Å². The predicted octanol–water partition coefficient (Wildman–Crippen LogP) is 2.38. The van der Waals surface area contributed by atoms with E-state index in [2.05, 4.69) is 25.9 Å². The molecule has 2 amide bonds. The third-order valence-electron chi connectivity index (χ3n) is 4.03. The Hall–Kier alpha value is -3.20. The summed E-state index contributed by atoms with van der Waals surface area (Å²) in [6, 6.07) is 8.67. The first-order valence-electron chi connectivity index (χ1n) is 8.72. The molecule has 2 N–H and O–H groups in total. The van der Waals surface area contributed by atoms with Crippen molar-refractivity contribution in [3.63, 3.8) is 0 Å². The first kappa shape index (κ1) is 18.6. The van der Waals surface area contributed by atoms with Crippen LogP contribution in [-0.4, -0.2) is 44.3 Å². The lowest BCUT2D eigenvalue weighted by atomic mass is 10.2. The van der Waals surface area contributed by atoms with Crippen LogP contribution in [-0.2, 0) is 11.3 Å². The minimum Gasteiger partial charge on any atom is -0.385 e. The molecule has 1 unspecified atom stereocenters. The Kier molecular flexibility index (Phi) is 6.16. The van der Waals surface area contributed by atoms with Crippen molar-refractivity contribution in [1.29, 1.82) is 0 Å². The van der Waals surface area contributed by atoms with Crippen molar-refractivity contribution in [1.82, 2.24) is 29.9 Å². The van der Waals surface area contributed by atoms with E-state index in [1.165, 1.54) is 0 Å². The zero-order valence-corrected chi connectivity index (χ0v) is 15.4. The average molecular weight is 369 g/mol. The number of carbonyl (C=O) groups is 1. The van der Waals surface area contributed by atoms with Gasteiger partial charge < -0.3 is 19.9 Å². The molecule has 1 atom stereocenters. The lowest BCUT2D eigenvalue weighted by Crippen LogP contribution is -2.33. The zero-order chi connectivity index (χ0) is 19.1. The van der Waals surface area contributed by atoms with Gasteiger partial charge in [-0.15, -0.1) is 10.2 Å². The van der Waals surface area contributed by atoms with Gasteiger partial charge in [0.15, 0.2) is 5.82 Å². The summed E-state index contributed by atoms with van der Waals surface area (Å²) in [5.41, 5.74) is 1.44. The van der Waals surface area contributed by atoms with Crippen molar-refractivity contribution in [2.45, 2.75) is 25.9 Å². The highest BCUT2D eigenvalue weighted by atomic mass is 16.5. The van der Waals surface area contributed by atoms with Gasteiger partial charge in [-0.1, -0.05) is 12.1 Å². The van der Waals surface area contributed by atoms with E-state index in [1.54, 1.807) is 24.3 Å². The Bertz CT molecular complexity index is 860. The Morgan fingerprint density at radius 2 is 2.15 bits per heavy atom. The van der Waals surface area contributed by atoms with Crippen LogP contribution in [0.1, 0.15) is 25.2 Å². The summed E-state index contributed by atoms with van der Waals surface area (Å²) in [5.74, 6) is 0.696. The minimum absolute atomic E-state index is 0.299. The largest absolute Gasteiger partial charge is 0.385 e. The molecule has 3 aromatic rings. The first-order valence-corrected chi connectivity index (χ1v) is 8.72. The van der Waals surface area contributed by atoms with Crippen LogP contribution in [0.4, 0.5) is 10.5 Å². The van der Waals surface area contributed by atoms with Gasteiger partial charge in [-0.05, 0) is 31.5 Å². The van der Waals surface area contributed by atoms with E-state index in [9.17, 15) is 4.79 Å². The van der Waals surface area contributed by atoms with E-state index in [1.807, 2.05) is 48.0 Å². The molecule has 2 aromatic heterocycles. The number of nitrogens with one attached hydrogen (secondary N) is 2. The number of methoxy groups -OCH3 is 1. The highest BCUT2D eigenvalue weighted by molar-refractivity contribution is 5.91. The number of hydrogen-bond acceptors (Lipinski definition) is 5. The van der Waals surface area contributed by atoms with E-state index in [0.717, 1.165) is 18.7 Å². The summed E-state index contributed by atoms with van der Waals surface area (Å²) < 4.78 is 8.69. The van der Waals surface area contributed by atoms with Crippen LogP contribution in [0.2, 0.25) is 0 Å². The van der Waals surface area contributed by atoms with Crippen molar-refractivity contribution in [3.05, 3.63) is 54.9 Å². The lowest BCUT2D eigenvalue weighted by molar-refractivity contribution is 0.189. The maximum Gasteiger partial charge on any atom is 0.319 e. The Morgan fingerprint density at radius 3 is 2.93 bits per heavy atom. The number of aryl methyl sites for hydroxylation is 1. The number of amides is 2. The molecule has 0 bridgehead atoms. The number of para-hydroxylation sites is 2. The molecule has 3 rings (SSSR count). The van der Waals surface area contributed by atoms with Gasteiger partial charge in [0.25, 0.3) is 0 Å². The standard InChI is InChI=1S/C18H23N7O2/c1-14(17-23-19-13-24(17)10-6-12-27-2)21-18(26)22-15-7-3-4-8-16(15)25-11-5-9-20-25/h3-5,7-9,11,13-14H,6,10,12H2,1-2H3,(H2,21,22,26).